The van der Waals surface area contributed by atoms with Gasteiger partial charge >= 0.3 is 5.97 Å². The second kappa shape index (κ2) is 6.38. The van der Waals surface area contributed by atoms with Gasteiger partial charge in [-0.15, -0.1) is 0 Å². The fourth-order valence-corrected chi connectivity index (χ4v) is 1.70. The molecule has 0 fully saturated rings. The summed E-state index contributed by atoms with van der Waals surface area (Å²) in [4.78, 5) is 22.5. The molecule has 0 aromatic heterocycles. The van der Waals surface area contributed by atoms with Gasteiger partial charge in [0.25, 0.3) is 5.91 Å². The van der Waals surface area contributed by atoms with Crippen molar-refractivity contribution in [3.8, 4) is 5.75 Å². The number of nitrogens with one attached hydrogen (secondary N) is 1. The summed E-state index contributed by atoms with van der Waals surface area (Å²) in [6.07, 6.45) is 2.47. The molecule has 21 heavy (non-hydrogen) atoms. The molecule has 1 amide bonds. The van der Waals surface area contributed by atoms with Gasteiger partial charge < -0.3 is 15.5 Å². The van der Waals surface area contributed by atoms with Crippen LogP contribution in [0.3, 0.4) is 0 Å². The zero-order chi connectivity index (χ0) is 15.2. The normalized spacial score (nSPS) is 10.5. The molecule has 3 N–H and O–H groups in total. The minimum absolute atomic E-state index is 0.0901. The molecule has 0 heterocycles. The first-order valence-electron chi connectivity index (χ1n) is 6.16. The molecular weight excluding hydrogens is 270 g/mol. The van der Waals surface area contributed by atoms with Crippen molar-refractivity contribution in [1.82, 2.24) is 0 Å². The topological polar surface area (TPSA) is 86.6 Å². The van der Waals surface area contributed by atoms with E-state index in [-0.39, 0.29) is 11.7 Å². The van der Waals surface area contributed by atoms with E-state index in [4.69, 9.17) is 5.11 Å². The number of carbonyl (C=O) groups excluding carboxylic acids is 1. The highest BCUT2D eigenvalue weighted by Crippen LogP contribution is 2.15. The summed E-state index contributed by atoms with van der Waals surface area (Å²) in [7, 11) is 0. The zero-order valence-corrected chi connectivity index (χ0v) is 11.0. The third kappa shape index (κ3) is 4.21. The third-order valence-corrected chi connectivity index (χ3v) is 2.69. The van der Waals surface area contributed by atoms with Crippen molar-refractivity contribution in [3.63, 3.8) is 0 Å². The molecule has 0 aliphatic heterocycles. The van der Waals surface area contributed by atoms with Crippen molar-refractivity contribution in [2.75, 3.05) is 5.32 Å². The van der Waals surface area contributed by atoms with Crippen molar-refractivity contribution in [2.45, 2.75) is 0 Å². The Morgan fingerprint density at radius 1 is 1.05 bits per heavy atom. The predicted molar refractivity (Wildman–Crippen MR) is 79.2 cm³/mol. The molecule has 5 heteroatoms. The monoisotopic (exact) mass is 283 g/mol. The second-order valence-electron chi connectivity index (χ2n) is 4.30. The van der Waals surface area contributed by atoms with Gasteiger partial charge in [0.2, 0.25) is 0 Å². The van der Waals surface area contributed by atoms with Crippen LogP contribution in [0.25, 0.3) is 6.08 Å². The Kier molecular flexibility index (Phi) is 4.36. The van der Waals surface area contributed by atoms with Gasteiger partial charge in [0.15, 0.2) is 0 Å². The SMILES string of the molecule is O=C(O)/C=C/c1cccc(NC(=O)c2ccc(O)cc2)c1. The number of phenolic OH excluding ortho intramolecular Hbond substituents is 1. The van der Waals surface area contributed by atoms with Crippen molar-refractivity contribution in [2.24, 2.45) is 0 Å². The standard InChI is InChI=1S/C16H13NO4/c18-14-7-5-12(6-8-14)16(21)17-13-3-1-2-11(10-13)4-9-15(19)20/h1-10,18H,(H,17,21)(H,19,20)/b9-4+. The molecule has 2 aromatic rings. The molecule has 106 valence electrons. The maximum Gasteiger partial charge on any atom is 0.328 e. The molecule has 0 spiro atoms. The lowest BCUT2D eigenvalue weighted by atomic mass is 10.1. The van der Waals surface area contributed by atoms with Gasteiger partial charge in [0, 0.05) is 17.3 Å². The lowest BCUT2D eigenvalue weighted by molar-refractivity contribution is -0.131. The number of carbonyl (C=O) groups is 2. The van der Waals surface area contributed by atoms with Crippen LogP contribution in [0.5, 0.6) is 5.75 Å². The highest BCUT2D eigenvalue weighted by Gasteiger charge is 2.06. The van der Waals surface area contributed by atoms with Gasteiger partial charge in [-0.1, -0.05) is 12.1 Å². The van der Waals surface area contributed by atoms with Crippen molar-refractivity contribution in [1.29, 1.82) is 0 Å². The van der Waals surface area contributed by atoms with E-state index in [9.17, 15) is 14.7 Å². The zero-order valence-electron chi connectivity index (χ0n) is 11.0. The number of carboxylic acid groups (broad SMARTS) is 1. The Morgan fingerprint density at radius 3 is 2.43 bits per heavy atom. The van der Waals surface area contributed by atoms with Crippen LogP contribution in [0.1, 0.15) is 15.9 Å². The Morgan fingerprint density at radius 2 is 1.76 bits per heavy atom. The van der Waals surface area contributed by atoms with Crippen LogP contribution < -0.4 is 5.32 Å². The molecule has 2 aromatic carbocycles. The van der Waals surface area contributed by atoms with Crippen LogP contribution in [-0.2, 0) is 4.79 Å². The Hall–Kier alpha value is -3.08. The first-order valence-corrected chi connectivity index (χ1v) is 6.16. The molecule has 0 bridgehead atoms. The van der Waals surface area contributed by atoms with Crippen LogP contribution in [0.15, 0.2) is 54.6 Å². The van der Waals surface area contributed by atoms with Crippen LogP contribution in [0, 0.1) is 0 Å². The lowest BCUT2D eigenvalue weighted by Gasteiger charge is -2.06. The average Bonchev–Trinajstić information content (AvgIpc) is 2.46. The number of hydrogen-bond acceptors (Lipinski definition) is 3. The molecule has 0 saturated carbocycles. The Balaban J connectivity index is 2.12. The van der Waals surface area contributed by atoms with Gasteiger partial charge in [-0.05, 0) is 48.0 Å². The summed E-state index contributed by atoms with van der Waals surface area (Å²) >= 11 is 0. The summed E-state index contributed by atoms with van der Waals surface area (Å²) in [5.74, 6) is -1.25. The number of hydrogen-bond donors (Lipinski definition) is 3. The highest BCUT2D eigenvalue weighted by molar-refractivity contribution is 6.04. The molecule has 0 atom stereocenters. The smallest absolute Gasteiger partial charge is 0.328 e. The van der Waals surface area contributed by atoms with Crippen LogP contribution in [-0.4, -0.2) is 22.1 Å². The van der Waals surface area contributed by atoms with Gasteiger partial charge in [-0.3, -0.25) is 4.79 Å². The second-order valence-corrected chi connectivity index (χ2v) is 4.30. The van der Waals surface area contributed by atoms with E-state index in [0.717, 1.165) is 6.08 Å². The molecule has 0 unspecified atom stereocenters. The predicted octanol–water partition coefficient (Wildman–Crippen LogP) is 2.74. The fourth-order valence-electron chi connectivity index (χ4n) is 1.70. The van der Waals surface area contributed by atoms with E-state index in [1.807, 2.05) is 0 Å². The van der Waals surface area contributed by atoms with E-state index in [0.29, 0.717) is 16.8 Å². The van der Waals surface area contributed by atoms with Crippen molar-refractivity contribution >= 4 is 23.6 Å². The van der Waals surface area contributed by atoms with Crippen LogP contribution >= 0.6 is 0 Å². The largest absolute Gasteiger partial charge is 0.508 e. The lowest BCUT2D eigenvalue weighted by Crippen LogP contribution is -2.11. The maximum absolute atomic E-state index is 12.0. The Labute approximate surface area is 121 Å². The Bertz CT molecular complexity index is 690. The summed E-state index contributed by atoms with van der Waals surface area (Å²) in [6.45, 7) is 0. The molecule has 5 nitrogen and oxygen atoms in total. The van der Waals surface area contributed by atoms with Gasteiger partial charge in [0.05, 0.1) is 0 Å². The number of carboxylic acids is 1. The number of benzene rings is 2. The first-order chi connectivity index (χ1) is 10.0. The highest BCUT2D eigenvalue weighted by atomic mass is 16.4. The van der Waals surface area contributed by atoms with Crippen molar-refractivity contribution in [3.05, 3.63) is 65.7 Å². The third-order valence-electron chi connectivity index (χ3n) is 2.69. The molecule has 0 radical (unpaired) electrons. The minimum Gasteiger partial charge on any atom is -0.508 e. The quantitative estimate of drug-likeness (QED) is 0.753. The molecule has 0 aliphatic rings. The summed E-state index contributed by atoms with van der Waals surface area (Å²) < 4.78 is 0. The molecule has 0 saturated heterocycles. The van der Waals surface area contributed by atoms with E-state index < -0.39 is 5.97 Å². The fraction of sp³-hybridized carbons (Fsp3) is 0. The molecule has 0 aliphatic carbocycles. The number of anilines is 1. The number of aliphatic carboxylic acids is 1. The number of amides is 1. The van der Waals surface area contributed by atoms with E-state index in [2.05, 4.69) is 5.32 Å². The molecule has 2 rings (SSSR count). The van der Waals surface area contributed by atoms with E-state index in [1.165, 1.54) is 30.3 Å². The van der Waals surface area contributed by atoms with E-state index >= 15 is 0 Å². The average molecular weight is 283 g/mol. The van der Waals surface area contributed by atoms with Crippen LogP contribution in [0.4, 0.5) is 5.69 Å². The summed E-state index contributed by atoms with van der Waals surface area (Å²) in [5, 5.41) is 20.5. The summed E-state index contributed by atoms with van der Waals surface area (Å²) in [6, 6.07) is 12.7. The summed E-state index contributed by atoms with van der Waals surface area (Å²) in [5.41, 5.74) is 1.64. The van der Waals surface area contributed by atoms with Gasteiger partial charge in [0.1, 0.15) is 5.75 Å². The number of rotatable bonds is 4. The first kappa shape index (κ1) is 14.3. The van der Waals surface area contributed by atoms with Gasteiger partial charge in [-0.2, -0.15) is 0 Å². The van der Waals surface area contributed by atoms with Gasteiger partial charge in [-0.25, -0.2) is 4.79 Å². The maximum atomic E-state index is 12.0. The van der Waals surface area contributed by atoms with Crippen molar-refractivity contribution < 1.29 is 19.8 Å². The number of aromatic hydroxyl groups is 1. The van der Waals surface area contributed by atoms with Crippen LogP contribution in [0.2, 0.25) is 0 Å². The molecular formula is C16H13NO4. The minimum atomic E-state index is -1.03. The van der Waals surface area contributed by atoms with E-state index in [1.54, 1.807) is 24.3 Å². The number of phenols is 1.